The third-order valence-corrected chi connectivity index (χ3v) is 11.9. The van der Waals surface area contributed by atoms with Crippen LogP contribution in [0.2, 0.25) is 0 Å². The van der Waals surface area contributed by atoms with Crippen LogP contribution in [0.15, 0.2) is 27.3 Å². The second-order valence-electron chi connectivity index (χ2n) is 14.9. The zero-order valence-corrected chi connectivity index (χ0v) is 30.5. The Morgan fingerprint density at radius 2 is 1.30 bits per heavy atom. The quantitative estimate of drug-likeness (QED) is 0.0822. The Kier molecular flexibility index (Phi) is 8.23. The smallest absolute Gasteiger partial charge is 0.306 e. The van der Waals surface area contributed by atoms with Gasteiger partial charge in [-0.2, -0.15) is 0 Å². The zero-order chi connectivity index (χ0) is 38.5. The summed E-state index contributed by atoms with van der Waals surface area (Å²) in [6, 6.07) is 2.32. The van der Waals surface area contributed by atoms with Gasteiger partial charge in [0.05, 0.1) is 55.5 Å². The molecule has 8 rings (SSSR count). The molecule has 0 aliphatic heterocycles. The summed E-state index contributed by atoms with van der Waals surface area (Å²) < 4.78 is 17.8. The fraction of sp³-hybridized carbons (Fsp3) is 0.390. The molecule has 0 aromatic heterocycles. The van der Waals surface area contributed by atoms with Crippen LogP contribution in [0.5, 0.6) is 23.0 Å². The largest absolute Gasteiger partial charge is 0.504 e. The topological polar surface area (TPSA) is 198 Å². The van der Waals surface area contributed by atoms with Crippen molar-refractivity contribution in [2.24, 2.45) is 11.8 Å². The molecule has 280 valence electrons. The van der Waals surface area contributed by atoms with E-state index in [0.717, 1.165) is 0 Å². The second-order valence-corrected chi connectivity index (χ2v) is 14.9. The van der Waals surface area contributed by atoms with Crippen LogP contribution in [0.25, 0.3) is 49.2 Å². The molecule has 0 bridgehead atoms. The predicted octanol–water partition coefficient (Wildman–Crippen LogP) is 6.05. The van der Waals surface area contributed by atoms with Gasteiger partial charge in [0.1, 0.15) is 17.3 Å². The third-order valence-electron chi connectivity index (χ3n) is 11.9. The average Bonchev–Trinajstić information content (AvgIpc) is 3.78. The van der Waals surface area contributed by atoms with E-state index in [1.807, 2.05) is 0 Å². The number of aliphatic carboxylic acids is 2. The van der Waals surface area contributed by atoms with Gasteiger partial charge in [0, 0.05) is 68.0 Å². The van der Waals surface area contributed by atoms with Gasteiger partial charge in [0.15, 0.2) is 16.9 Å². The van der Waals surface area contributed by atoms with E-state index in [0.29, 0.717) is 99.0 Å². The Hall–Kier alpha value is -5.85. The molecular weight excluding hydrogens is 696 g/mol. The number of phenolic OH excluding ortho intramolecular Hbond substituents is 1. The van der Waals surface area contributed by atoms with Crippen LogP contribution in [0.1, 0.15) is 69.4 Å². The van der Waals surface area contributed by atoms with Crippen LogP contribution in [-0.2, 0) is 14.4 Å². The van der Waals surface area contributed by atoms with Crippen LogP contribution in [-0.4, -0.2) is 66.5 Å². The summed E-state index contributed by atoms with van der Waals surface area (Å²) in [6.07, 6.45) is 4.36. The van der Waals surface area contributed by atoms with E-state index >= 15 is 4.79 Å². The van der Waals surface area contributed by atoms with Gasteiger partial charge >= 0.3 is 11.9 Å². The Morgan fingerprint density at radius 3 is 1.83 bits per heavy atom. The molecule has 0 amide bonds. The molecule has 0 saturated heterocycles. The molecule has 3 aliphatic rings. The molecule has 2 saturated carbocycles. The normalized spacial score (nSPS) is 22.2. The lowest BCUT2D eigenvalue weighted by Gasteiger charge is -2.26. The SMILES string of the molecule is COc1c(O)c2c(=O)cc(OC)c3c4c(OC)cc(NC5CCC(C(=O)O)C5)c5c(=O)c(NC6CCC(C(=O)O)C6)c6c(c(c1C(C(C)=O)C(C)=C6)c23)c54. The van der Waals surface area contributed by atoms with E-state index in [2.05, 4.69) is 10.6 Å². The number of hydrogen-bond acceptors (Lipinski definition) is 11. The summed E-state index contributed by atoms with van der Waals surface area (Å²) in [4.78, 5) is 66.9. The lowest BCUT2D eigenvalue weighted by molar-refractivity contribution is -0.142. The van der Waals surface area contributed by atoms with Gasteiger partial charge in [-0.25, -0.2) is 0 Å². The van der Waals surface area contributed by atoms with Gasteiger partial charge in [-0.15, -0.1) is 0 Å². The van der Waals surface area contributed by atoms with Gasteiger partial charge in [-0.1, -0.05) is 11.6 Å². The van der Waals surface area contributed by atoms with E-state index in [4.69, 9.17) is 14.2 Å². The first kappa shape index (κ1) is 35.2. The summed E-state index contributed by atoms with van der Waals surface area (Å²) >= 11 is 0. The lowest BCUT2D eigenvalue weighted by Crippen LogP contribution is -2.24. The van der Waals surface area contributed by atoms with Crippen LogP contribution in [0.4, 0.5) is 11.4 Å². The van der Waals surface area contributed by atoms with Crippen molar-refractivity contribution in [3.63, 3.8) is 0 Å². The number of ketones is 1. The Labute approximate surface area is 308 Å². The molecule has 5 unspecified atom stereocenters. The van der Waals surface area contributed by atoms with Crippen LogP contribution in [0.3, 0.4) is 0 Å². The highest BCUT2D eigenvalue weighted by molar-refractivity contribution is 6.40. The first-order chi connectivity index (χ1) is 25.8. The van der Waals surface area contributed by atoms with Crippen molar-refractivity contribution in [2.45, 2.75) is 70.4 Å². The summed E-state index contributed by atoms with van der Waals surface area (Å²) in [5.41, 5.74) is 0.998. The molecule has 5 aromatic carbocycles. The first-order valence-corrected chi connectivity index (χ1v) is 18.0. The minimum Gasteiger partial charge on any atom is -0.504 e. The number of carbonyl (C=O) groups is 3. The number of allylic oxidation sites excluding steroid dienone is 1. The molecule has 5 N–H and O–H groups in total. The molecule has 54 heavy (non-hydrogen) atoms. The molecule has 5 aromatic rings. The monoisotopic (exact) mass is 736 g/mol. The van der Waals surface area contributed by atoms with E-state index in [9.17, 15) is 34.5 Å². The van der Waals surface area contributed by atoms with Crippen molar-refractivity contribution in [1.82, 2.24) is 0 Å². The minimum absolute atomic E-state index is 0.0455. The fourth-order valence-electron chi connectivity index (χ4n) is 9.64. The molecule has 0 heterocycles. The lowest BCUT2D eigenvalue weighted by atomic mass is 9.80. The molecule has 0 spiro atoms. The summed E-state index contributed by atoms with van der Waals surface area (Å²) in [6.45, 7) is 3.20. The van der Waals surface area contributed by atoms with Crippen LogP contribution in [0, 0.1) is 11.8 Å². The van der Waals surface area contributed by atoms with Crippen molar-refractivity contribution in [3.8, 4) is 23.0 Å². The minimum atomic E-state index is -0.955. The maximum Gasteiger partial charge on any atom is 0.306 e. The van der Waals surface area contributed by atoms with E-state index in [1.165, 1.54) is 34.3 Å². The maximum atomic E-state index is 15.3. The van der Waals surface area contributed by atoms with Gasteiger partial charge in [-0.3, -0.25) is 24.0 Å². The van der Waals surface area contributed by atoms with E-state index in [1.54, 1.807) is 19.1 Å². The Bertz CT molecular complexity index is 2620. The van der Waals surface area contributed by atoms with E-state index < -0.39 is 46.3 Å². The number of carbonyl (C=O) groups excluding carboxylic acids is 1. The number of benzene rings is 5. The Morgan fingerprint density at radius 1 is 0.722 bits per heavy atom. The number of aromatic hydroxyl groups is 1. The number of hydrogen-bond donors (Lipinski definition) is 5. The van der Waals surface area contributed by atoms with Crippen molar-refractivity contribution < 1.29 is 43.9 Å². The number of rotatable bonds is 10. The van der Waals surface area contributed by atoms with Crippen molar-refractivity contribution >= 4 is 78.3 Å². The molecule has 13 heteroatoms. The number of methoxy groups -OCH3 is 3. The molecule has 5 atom stereocenters. The predicted molar refractivity (Wildman–Crippen MR) is 205 cm³/mol. The molecule has 2 fully saturated rings. The number of ether oxygens (including phenoxy) is 3. The average molecular weight is 737 g/mol. The highest BCUT2D eigenvalue weighted by Crippen LogP contribution is 2.57. The number of anilines is 2. The van der Waals surface area contributed by atoms with Gasteiger partial charge < -0.3 is 40.2 Å². The number of nitrogens with one attached hydrogen (secondary N) is 2. The van der Waals surface area contributed by atoms with Crippen molar-refractivity contribution in [2.75, 3.05) is 32.0 Å². The number of Topliss-reactive ketones (excluding diaryl/α,β-unsaturated/α-hetero) is 1. The molecule has 0 radical (unpaired) electrons. The fourth-order valence-corrected chi connectivity index (χ4v) is 9.64. The number of fused-ring (bicyclic) bond motifs is 1. The molecule has 3 aliphatic carbocycles. The highest BCUT2D eigenvalue weighted by atomic mass is 16.5. The highest BCUT2D eigenvalue weighted by Gasteiger charge is 2.39. The summed E-state index contributed by atoms with van der Waals surface area (Å²) in [7, 11) is 4.26. The van der Waals surface area contributed by atoms with Gasteiger partial charge in [0.2, 0.25) is 5.43 Å². The van der Waals surface area contributed by atoms with Crippen LogP contribution >= 0.6 is 0 Å². The zero-order valence-electron chi connectivity index (χ0n) is 30.5. The number of phenols is 1. The van der Waals surface area contributed by atoms with E-state index in [-0.39, 0.29) is 45.8 Å². The van der Waals surface area contributed by atoms with Gasteiger partial charge in [0.25, 0.3) is 0 Å². The summed E-state index contributed by atoms with van der Waals surface area (Å²) in [5, 5.41) is 41.1. The van der Waals surface area contributed by atoms with Crippen LogP contribution < -0.4 is 35.7 Å². The Balaban J connectivity index is 1.62. The maximum absolute atomic E-state index is 15.3. The number of carboxylic acids is 2. The molecule has 13 nitrogen and oxygen atoms in total. The van der Waals surface area contributed by atoms with Crippen molar-refractivity contribution in [3.05, 3.63) is 49.3 Å². The first-order valence-electron chi connectivity index (χ1n) is 18.0. The second kappa shape index (κ2) is 12.6. The summed E-state index contributed by atoms with van der Waals surface area (Å²) in [5.74, 6) is -4.13. The number of carboxylic acid groups (broad SMARTS) is 2. The third kappa shape index (κ3) is 4.93. The van der Waals surface area contributed by atoms with Gasteiger partial charge in [-0.05, 0) is 57.8 Å². The molecular formula is C41H40N2O11. The van der Waals surface area contributed by atoms with Crippen molar-refractivity contribution in [1.29, 1.82) is 0 Å². The standard InChI is InChI=1S/C41H40N2O11/c1-15-10-21-27-32-28(37(46)36(21)43-20-9-7-18(12-20)41(50)51)22(42-19-8-6-17(11-19)40(48)49)13-24(52-3)30(32)31-25(53-4)14-23(45)29-34(31)33(27)35(26(15)16(2)44)39(54-5)38(29)47/h10,13-14,17-20,26,42-43,47H,6-9,11-12H2,1-5H3,(H,48,49)(H,50,51).